The van der Waals surface area contributed by atoms with Crippen LogP contribution in [0.3, 0.4) is 0 Å². The van der Waals surface area contributed by atoms with E-state index in [0.29, 0.717) is 34.8 Å². The third-order valence-corrected chi connectivity index (χ3v) is 8.11. The minimum atomic E-state index is -1.11. The SMILES string of the molecule is C=CC1CC1N(C(=O)OCC)C(=O)C1CC(Oc2cc(-c3cccc(C)n3)nc3c(C)c(OC)ccc23)CC1C(=O)O. The Bertz CT molecular complexity index is 1550. The predicted octanol–water partition coefficient (Wildman–Crippen LogP) is 5.34. The van der Waals surface area contributed by atoms with Gasteiger partial charge in [-0.05, 0) is 70.2 Å². The molecule has 0 aliphatic heterocycles. The molecule has 2 heterocycles. The van der Waals surface area contributed by atoms with E-state index in [1.54, 1.807) is 26.2 Å². The number of amides is 2. The van der Waals surface area contributed by atoms with E-state index in [9.17, 15) is 19.5 Å². The second-order valence-electron chi connectivity index (χ2n) is 10.8. The number of carboxylic acid groups (broad SMARTS) is 1. The topological polar surface area (TPSA) is 128 Å². The predicted molar refractivity (Wildman–Crippen MR) is 155 cm³/mol. The summed E-state index contributed by atoms with van der Waals surface area (Å²) in [5.41, 5.74) is 3.58. The van der Waals surface area contributed by atoms with Crippen molar-refractivity contribution in [1.29, 1.82) is 0 Å². The van der Waals surface area contributed by atoms with Gasteiger partial charge in [0.05, 0.1) is 48.5 Å². The summed E-state index contributed by atoms with van der Waals surface area (Å²) in [4.78, 5) is 49.5. The third-order valence-electron chi connectivity index (χ3n) is 8.11. The second kappa shape index (κ2) is 11.8. The fraction of sp³-hybridized carbons (Fsp3) is 0.406. The Kier molecular flexibility index (Phi) is 8.15. The van der Waals surface area contributed by atoms with Gasteiger partial charge >= 0.3 is 12.1 Å². The van der Waals surface area contributed by atoms with Crippen LogP contribution in [0.1, 0.15) is 37.4 Å². The van der Waals surface area contributed by atoms with Gasteiger partial charge in [-0.25, -0.2) is 14.7 Å². The van der Waals surface area contributed by atoms with Crippen LogP contribution in [0.5, 0.6) is 11.5 Å². The highest BCUT2D eigenvalue weighted by Crippen LogP contribution is 2.43. The molecule has 2 fully saturated rings. The molecule has 0 saturated heterocycles. The number of carbonyl (C=O) groups is 3. The normalized spacial score (nSPS) is 22.8. The molecule has 2 amide bonds. The number of benzene rings is 1. The van der Waals surface area contributed by atoms with Gasteiger partial charge in [-0.15, -0.1) is 6.58 Å². The Morgan fingerprint density at radius 2 is 1.81 bits per heavy atom. The molecule has 3 aromatic rings. The minimum Gasteiger partial charge on any atom is -0.496 e. The summed E-state index contributed by atoms with van der Waals surface area (Å²) in [5, 5.41) is 10.8. The lowest BCUT2D eigenvalue weighted by Gasteiger charge is -2.25. The van der Waals surface area contributed by atoms with E-state index in [2.05, 4.69) is 11.6 Å². The van der Waals surface area contributed by atoms with Crippen LogP contribution in [0, 0.1) is 31.6 Å². The maximum atomic E-state index is 13.8. The first-order chi connectivity index (χ1) is 20.2. The van der Waals surface area contributed by atoms with Crippen LogP contribution in [0.4, 0.5) is 4.79 Å². The maximum Gasteiger partial charge on any atom is 0.416 e. The number of aliphatic carboxylic acids is 1. The number of aryl methyl sites for hydroxylation is 2. The largest absolute Gasteiger partial charge is 0.496 e. The monoisotopic (exact) mass is 573 g/mol. The zero-order chi connectivity index (χ0) is 30.1. The number of nitrogens with zero attached hydrogens (tertiary/aromatic N) is 3. The molecule has 2 aliphatic carbocycles. The number of carboxylic acids is 1. The van der Waals surface area contributed by atoms with E-state index >= 15 is 0 Å². The fourth-order valence-electron chi connectivity index (χ4n) is 5.84. The minimum absolute atomic E-state index is 0.0350. The molecule has 1 N–H and O–H groups in total. The van der Waals surface area contributed by atoms with Gasteiger partial charge in [-0.3, -0.25) is 14.6 Å². The summed E-state index contributed by atoms with van der Waals surface area (Å²) in [5.74, 6) is -2.49. The van der Waals surface area contributed by atoms with E-state index in [0.717, 1.165) is 21.5 Å². The van der Waals surface area contributed by atoms with Gasteiger partial charge in [-0.2, -0.15) is 0 Å². The maximum absolute atomic E-state index is 13.8. The first-order valence-corrected chi connectivity index (χ1v) is 14.1. The van der Waals surface area contributed by atoms with Crippen LogP contribution >= 0.6 is 0 Å². The third kappa shape index (κ3) is 5.53. The van der Waals surface area contributed by atoms with E-state index in [4.69, 9.17) is 19.2 Å². The average molecular weight is 574 g/mol. The average Bonchev–Trinajstić information content (AvgIpc) is 3.61. The fourth-order valence-corrected chi connectivity index (χ4v) is 5.84. The number of fused-ring (bicyclic) bond motifs is 1. The van der Waals surface area contributed by atoms with Crippen molar-refractivity contribution in [3.8, 4) is 22.9 Å². The quantitative estimate of drug-likeness (QED) is 0.337. The van der Waals surface area contributed by atoms with E-state index in [-0.39, 0.29) is 31.4 Å². The van der Waals surface area contributed by atoms with E-state index < -0.39 is 35.9 Å². The number of rotatable bonds is 9. The lowest BCUT2D eigenvalue weighted by molar-refractivity contribution is -0.148. The Morgan fingerprint density at radius 1 is 1.05 bits per heavy atom. The van der Waals surface area contributed by atoms with Crippen molar-refractivity contribution in [2.24, 2.45) is 17.8 Å². The zero-order valence-electron chi connectivity index (χ0n) is 24.2. The molecule has 0 radical (unpaired) electrons. The van der Waals surface area contributed by atoms with Gasteiger partial charge in [0.2, 0.25) is 5.91 Å². The Balaban J connectivity index is 1.49. The summed E-state index contributed by atoms with van der Waals surface area (Å²) in [6, 6.07) is 10.8. The molecule has 10 heteroatoms. The first-order valence-electron chi connectivity index (χ1n) is 14.1. The van der Waals surface area contributed by atoms with Crippen LogP contribution in [0.15, 0.2) is 49.1 Å². The Hall–Kier alpha value is -4.47. The van der Waals surface area contributed by atoms with Crippen LogP contribution in [-0.4, -0.2) is 63.8 Å². The highest BCUT2D eigenvalue weighted by molar-refractivity contribution is 5.96. The lowest BCUT2D eigenvalue weighted by atomic mass is 9.94. The van der Waals surface area contributed by atoms with Crippen LogP contribution in [-0.2, 0) is 14.3 Å². The Labute approximate surface area is 244 Å². The molecule has 0 spiro atoms. The molecule has 2 saturated carbocycles. The summed E-state index contributed by atoms with van der Waals surface area (Å²) >= 11 is 0. The number of hydrogen-bond donors (Lipinski definition) is 1. The molecule has 5 rings (SSSR count). The highest BCUT2D eigenvalue weighted by atomic mass is 16.6. The number of imide groups is 1. The van der Waals surface area contributed by atoms with Crippen molar-refractivity contribution < 1.29 is 33.7 Å². The van der Waals surface area contributed by atoms with Crippen LogP contribution < -0.4 is 9.47 Å². The number of hydrogen-bond acceptors (Lipinski definition) is 8. The highest BCUT2D eigenvalue weighted by Gasteiger charge is 2.52. The van der Waals surface area contributed by atoms with Gasteiger partial charge in [-0.1, -0.05) is 12.1 Å². The summed E-state index contributed by atoms with van der Waals surface area (Å²) in [7, 11) is 1.59. The van der Waals surface area contributed by atoms with Crippen molar-refractivity contribution in [3.05, 3.63) is 60.3 Å². The van der Waals surface area contributed by atoms with Crippen molar-refractivity contribution in [2.45, 2.75) is 52.2 Å². The summed E-state index contributed by atoms with van der Waals surface area (Å²) in [6.45, 7) is 9.35. The summed E-state index contributed by atoms with van der Waals surface area (Å²) < 4.78 is 17.2. The number of aromatic nitrogens is 2. The van der Waals surface area contributed by atoms with Crippen molar-refractivity contribution in [1.82, 2.24) is 14.9 Å². The number of methoxy groups -OCH3 is 1. The molecule has 10 nitrogen and oxygen atoms in total. The van der Waals surface area contributed by atoms with Crippen molar-refractivity contribution in [2.75, 3.05) is 13.7 Å². The molecule has 220 valence electrons. The number of pyridine rings is 2. The number of carbonyl (C=O) groups excluding carboxylic acids is 2. The molecule has 42 heavy (non-hydrogen) atoms. The lowest BCUT2D eigenvalue weighted by Crippen LogP contribution is -2.45. The molecule has 1 aromatic carbocycles. The molecular weight excluding hydrogens is 538 g/mol. The molecular formula is C32H35N3O7. The van der Waals surface area contributed by atoms with Crippen LogP contribution in [0.2, 0.25) is 0 Å². The van der Waals surface area contributed by atoms with Gasteiger partial charge in [0.25, 0.3) is 0 Å². The molecule has 0 bridgehead atoms. The molecule has 5 unspecified atom stereocenters. The van der Waals surface area contributed by atoms with Crippen molar-refractivity contribution >= 4 is 28.9 Å². The van der Waals surface area contributed by atoms with E-state index in [1.165, 1.54) is 0 Å². The van der Waals surface area contributed by atoms with Gasteiger partial charge in [0.1, 0.15) is 17.6 Å². The first kappa shape index (κ1) is 29.0. The standard InChI is InChI=1S/C32H35N3O7/c1-6-19-13-26(19)35(32(39)41-7-2)30(36)22-14-20(15-23(22)31(37)38)42-28-16-25(24-10-8-9-17(3)33-24)34-29-18(4)27(40-5)12-11-21(28)29/h6,8-12,16,19-20,22-23,26H,1,7,13-15H2,2-5H3,(H,37,38). The van der Waals surface area contributed by atoms with Crippen molar-refractivity contribution in [3.63, 3.8) is 0 Å². The number of ether oxygens (including phenoxy) is 3. The second-order valence-corrected chi connectivity index (χ2v) is 10.8. The smallest absolute Gasteiger partial charge is 0.416 e. The molecule has 5 atom stereocenters. The molecule has 2 aliphatic rings. The van der Waals surface area contributed by atoms with Crippen LogP contribution in [0.25, 0.3) is 22.3 Å². The summed E-state index contributed by atoms with van der Waals surface area (Å²) in [6.07, 6.45) is 1.17. The van der Waals surface area contributed by atoms with E-state index in [1.807, 2.05) is 44.2 Å². The molecule has 2 aromatic heterocycles. The van der Waals surface area contributed by atoms with Gasteiger partial charge < -0.3 is 19.3 Å². The van der Waals surface area contributed by atoms with Gasteiger partial charge in [0.15, 0.2) is 0 Å². The zero-order valence-corrected chi connectivity index (χ0v) is 24.2. The Morgan fingerprint density at radius 3 is 2.45 bits per heavy atom. The van der Waals surface area contributed by atoms with Gasteiger partial charge in [0, 0.05) is 22.7 Å².